The molecule has 1 atom stereocenters. The molecule has 0 aliphatic carbocycles. The molecular formula is C16H26ClN5O2. The Morgan fingerprint density at radius 2 is 2.21 bits per heavy atom. The molecule has 0 aromatic carbocycles. The van der Waals surface area contributed by atoms with Gasteiger partial charge in [-0.1, -0.05) is 0 Å². The molecule has 0 saturated carbocycles. The van der Waals surface area contributed by atoms with Gasteiger partial charge in [-0.25, -0.2) is 4.98 Å². The molecule has 0 bridgehead atoms. The molecule has 24 heavy (non-hydrogen) atoms. The summed E-state index contributed by atoms with van der Waals surface area (Å²) in [7, 11) is 0. The Morgan fingerprint density at radius 3 is 2.96 bits per heavy atom. The van der Waals surface area contributed by atoms with E-state index >= 15 is 0 Å². The van der Waals surface area contributed by atoms with Crippen LogP contribution in [0, 0.1) is 0 Å². The molecule has 8 heteroatoms. The Balaban J connectivity index is 0.00000208. The second-order valence-corrected chi connectivity index (χ2v) is 5.94. The lowest BCUT2D eigenvalue weighted by Gasteiger charge is -2.24. The van der Waals surface area contributed by atoms with Crippen molar-refractivity contribution in [2.24, 2.45) is 0 Å². The molecule has 1 amide bonds. The zero-order chi connectivity index (χ0) is 16.1. The number of carbonyl (C=O) groups is 1. The van der Waals surface area contributed by atoms with E-state index in [9.17, 15) is 4.79 Å². The Labute approximate surface area is 149 Å². The number of hydrogen-bond acceptors (Lipinski definition) is 6. The quantitative estimate of drug-likeness (QED) is 0.871. The molecule has 0 radical (unpaired) electrons. The zero-order valence-electron chi connectivity index (χ0n) is 14.1. The summed E-state index contributed by atoms with van der Waals surface area (Å²) in [5, 5.41) is 3.29. The van der Waals surface area contributed by atoms with Crippen molar-refractivity contribution in [3.63, 3.8) is 0 Å². The first-order chi connectivity index (χ1) is 11.3. The van der Waals surface area contributed by atoms with Crippen molar-refractivity contribution in [2.75, 3.05) is 44.2 Å². The highest BCUT2D eigenvalue weighted by atomic mass is 35.5. The van der Waals surface area contributed by atoms with Gasteiger partial charge in [-0.3, -0.25) is 4.79 Å². The maximum Gasteiger partial charge on any atom is 0.239 e. The summed E-state index contributed by atoms with van der Waals surface area (Å²) in [5.74, 6) is 1.53. The van der Waals surface area contributed by atoms with Gasteiger partial charge >= 0.3 is 0 Å². The lowest BCUT2D eigenvalue weighted by Crippen LogP contribution is -2.45. The minimum atomic E-state index is 0. The number of ether oxygens (including phenoxy) is 1. The molecule has 134 valence electrons. The number of carbonyl (C=O) groups excluding carboxylic acids is 1. The van der Waals surface area contributed by atoms with E-state index in [1.165, 1.54) is 0 Å². The average Bonchev–Trinajstić information content (AvgIpc) is 2.99. The molecule has 3 heterocycles. The first kappa shape index (κ1) is 18.7. The zero-order valence-corrected chi connectivity index (χ0v) is 14.9. The van der Waals surface area contributed by atoms with Gasteiger partial charge in [-0.05, 0) is 32.7 Å². The number of anilines is 1. The van der Waals surface area contributed by atoms with Crippen LogP contribution in [0.4, 0.5) is 5.95 Å². The van der Waals surface area contributed by atoms with Crippen LogP contribution in [0.25, 0.3) is 0 Å². The summed E-state index contributed by atoms with van der Waals surface area (Å²) in [5.41, 5.74) is 0. The molecule has 2 saturated heterocycles. The van der Waals surface area contributed by atoms with Crippen LogP contribution >= 0.6 is 12.4 Å². The number of halogens is 1. The molecule has 1 N–H and O–H groups in total. The first-order valence-corrected chi connectivity index (χ1v) is 8.51. The Morgan fingerprint density at radius 1 is 1.33 bits per heavy atom. The van der Waals surface area contributed by atoms with Crippen LogP contribution in [0.15, 0.2) is 12.3 Å². The summed E-state index contributed by atoms with van der Waals surface area (Å²) < 4.78 is 5.44. The summed E-state index contributed by atoms with van der Waals surface area (Å²) in [6, 6.07) is 1.78. The second kappa shape index (κ2) is 9.03. The monoisotopic (exact) mass is 355 g/mol. The Bertz CT molecular complexity index is 539. The fourth-order valence-corrected chi connectivity index (χ4v) is 3.17. The predicted octanol–water partition coefficient (Wildman–Crippen LogP) is 1.09. The van der Waals surface area contributed by atoms with Crippen molar-refractivity contribution < 1.29 is 9.53 Å². The molecule has 1 aromatic rings. The highest BCUT2D eigenvalue weighted by molar-refractivity contribution is 5.85. The average molecular weight is 356 g/mol. The van der Waals surface area contributed by atoms with E-state index < -0.39 is 0 Å². The normalized spacial score (nSPS) is 21.1. The van der Waals surface area contributed by atoms with Gasteiger partial charge in [-0.15, -0.1) is 12.4 Å². The number of aromatic nitrogens is 2. The van der Waals surface area contributed by atoms with Crippen LogP contribution in [0.5, 0.6) is 5.88 Å². The minimum absolute atomic E-state index is 0. The van der Waals surface area contributed by atoms with Crippen LogP contribution in [0.3, 0.4) is 0 Å². The summed E-state index contributed by atoms with van der Waals surface area (Å²) in [6.07, 6.45) is 4.71. The van der Waals surface area contributed by atoms with Crippen LogP contribution in [0.2, 0.25) is 0 Å². The standard InChI is InChI=1S/C16H25N5O2.ClH/c1-2-23-14-6-8-18-16(19-14)21-10-4-9-20(11-12-21)15(22)13-5-3-7-17-13;/h6,8,13,17H,2-5,7,9-12H2,1H3;1H. The fourth-order valence-electron chi connectivity index (χ4n) is 3.17. The van der Waals surface area contributed by atoms with Gasteiger partial charge in [-0.2, -0.15) is 4.98 Å². The van der Waals surface area contributed by atoms with Crippen molar-refractivity contribution in [1.82, 2.24) is 20.2 Å². The molecule has 0 spiro atoms. The summed E-state index contributed by atoms with van der Waals surface area (Å²) in [4.78, 5) is 25.5. The third-order valence-corrected chi connectivity index (χ3v) is 4.36. The van der Waals surface area contributed by atoms with E-state index in [-0.39, 0.29) is 24.4 Å². The number of rotatable bonds is 4. The maximum absolute atomic E-state index is 12.5. The van der Waals surface area contributed by atoms with Crippen LogP contribution in [-0.4, -0.2) is 66.1 Å². The van der Waals surface area contributed by atoms with Crippen molar-refractivity contribution in [2.45, 2.75) is 32.2 Å². The Hall–Kier alpha value is -1.60. The van der Waals surface area contributed by atoms with E-state index in [0.717, 1.165) is 52.0 Å². The molecule has 7 nitrogen and oxygen atoms in total. The predicted molar refractivity (Wildman–Crippen MR) is 94.9 cm³/mol. The SMILES string of the molecule is CCOc1ccnc(N2CCCN(C(=O)C3CCCN3)CC2)n1.Cl. The molecule has 1 aromatic heterocycles. The van der Waals surface area contributed by atoms with Gasteiger partial charge in [0, 0.05) is 38.4 Å². The van der Waals surface area contributed by atoms with Gasteiger partial charge < -0.3 is 19.9 Å². The highest BCUT2D eigenvalue weighted by Crippen LogP contribution is 2.16. The second-order valence-electron chi connectivity index (χ2n) is 5.94. The molecule has 2 aliphatic heterocycles. The topological polar surface area (TPSA) is 70.6 Å². The van der Waals surface area contributed by atoms with Gasteiger partial charge in [0.2, 0.25) is 17.7 Å². The molecule has 1 unspecified atom stereocenters. The number of nitrogens with one attached hydrogen (secondary N) is 1. The van der Waals surface area contributed by atoms with Crippen molar-refractivity contribution >= 4 is 24.3 Å². The van der Waals surface area contributed by atoms with Crippen molar-refractivity contribution in [1.29, 1.82) is 0 Å². The van der Waals surface area contributed by atoms with Gasteiger partial charge in [0.05, 0.1) is 12.6 Å². The molecule has 2 fully saturated rings. The van der Waals surface area contributed by atoms with Gasteiger partial charge in [0.15, 0.2) is 0 Å². The third kappa shape index (κ3) is 4.48. The van der Waals surface area contributed by atoms with Crippen LogP contribution < -0.4 is 15.0 Å². The van der Waals surface area contributed by atoms with Crippen LogP contribution in [-0.2, 0) is 4.79 Å². The lowest BCUT2D eigenvalue weighted by molar-refractivity contribution is -0.132. The van der Waals surface area contributed by atoms with E-state index in [1.807, 2.05) is 11.8 Å². The summed E-state index contributed by atoms with van der Waals surface area (Å²) in [6.45, 7) is 6.62. The largest absolute Gasteiger partial charge is 0.478 e. The van der Waals surface area contributed by atoms with E-state index in [0.29, 0.717) is 18.4 Å². The van der Waals surface area contributed by atoms with Gasteiger partial charge in [0.1, 0.15) is 0 Å². The van der Waals surface area contributed by atoms with E-state index in [4.69, 9.17) is 4.74 Å². The van der Waals surface area contributed by atoms with E-state index in [2.05, 4.69) is 20.2 Å². The van der Waals surface area contributed by atoms with E-state index in [1.54, 1.807) is 12.3 Å². The Kier molecular flexibility index (Phi) is 7.05. The fraction of sp³-hybridized carbons (Fsp3) is 0.688. The number of amides is 1. The van der Waals surface area contributed by atoms with Crippen molar-refractivity contribution in [3.05, 3.63) is 12.3 Å². The lowest BCUT2D eigenvalue weighted by atomic mass is 10.2. The highest BCUT2D eigenvalue weighted by Gasteiger charge is 2.28. The number of hydrogen-bond donors (Lipinski definition) is 1. The minimum Gasteiger partial charge on any atom is -0.478 e. The first-order valence-electron chi connectivity index (χ1n) is 8.51. The van der Waals surface area contributed by atoms with Crippen molar-refractivity contribution in [3.8, 4) is 5.88 Å². The smallest absolute Gasteiger partial charge is 0.239 e. The third-order valence-electron chi connectivity index (χ3n) is 4.36. The van der Waals surface area contributed by atoms with Crippen LogP contribution in [0.1, 0.15) is 26.2 Å². The summed E-state index contributed by atoms with van der Waals surface area (Å²) >= 11 is 0. The number of nitrogens with zero attached hydrogens (tertiary/aromatic N) is 4. The van der Waals surface area contributed by atoms with Gasteiger partial charge in [0.25, 0.3) is 0 Å². The maximum atomic E-state index is 12.5. The molecule has 3 rings (SSSR count). The molecular weight excluding hydrogens is 330 g/mol. The molecule has 2 aliphatic rings.